The Morgan fingerprint density at radius 1 is 1.10 bits per heavy atom. The Balaban J connectivity index is 1.45. The minimum Gasteiger partial charge on any atom is -0.550 e. The fourth-order valence-electron chi connectivity index (χ4n) is 3.17. The Labute approximate surface area is 182 Å². The van der Waals surface area contributed by atoms with Crippen LogP contribution in [0.25, 0.3) is 10.8 Å². The molecule has 1 fully saturated rings. The van der Waals surface area contributed by atoms with Crippen molar-refractivity contribution in [2.45, 2.75) is 18.3 Å². The van der Waals surface area contributed by atoms with Gasteiger partial charge in [0.25, 0.3) is 0 Å². The fraction of sp³-hybridized carbons (Fsp3) is 0.130. The summed E-state index contributed by atoms with van der Waals surface area (Å²) < 4.78 is 6.04. The molecule has 1 aliphatic heterocycles. The number of hydrogen-bond donors (Lipinski definition) is 1. The molecule has 1 amide bonds. The molecule has 0 bridgehead atoms. The maximum atomic E-state index is 11.7. The number of carbonyl (C=O) groups is 2. The zero-order valence-electron chi connectivity index (χ0n) is 16.4. The Morgan fingerprint density at radius 3 is 2.74 bits per heavy atom. The molecule has 3 aromatic carbocycles. The van der Waals surface area contributed by atoms with Crippen LogP contribution in [-0.2, 0) is 16.2 Å². The molecule has 0 radical (unpaired) electrons. The van der Waals surface area contributed by atoms with Crippen LogP contribution in [0.4, 0.5) is 0 Å². The van der Waals surface area contributed by atoms with E-state index in [-0.39, 0.29) is 11.6 Å². The van der Waals surface area contributed by atoms with Gasteiger partial charge in [-0.05, 0) is 28.5 Å². The number of amidine groups is 1. The van der Waals surface area contributed by atoms with Crippen molar-refractivity contribution in [3.8, 4) is 5.75 Å². The number of para-hydroxylation sites is 1. The van der Waals surface area contributed by atoms with Crippen LogP contribution in [0.3, 0.4) is 0 Å². The molecule has 0 aliphatic carbocycles. The van der Waals surface area contributed by atoms with Crippen molar-refractivity contribution >= 4 is 45.8 Å². The molecule has 1 atom stereocenters. The Morgan fingerprint density at radius 2 is 1.87 bits per heavy atom. The van der Waals surface area contributed by atoms with Crippen molar-refractivity contribution in [3.05, 3.63) is 77.9 Å². The van der Waals surface area contributed by atoms with Gasteiger partial charge in [0.15, 0.2) is 5.17 Å². The number of fused-ring (bicyclic) bond motifs is 1. The van der Waals surface area contributed by atoms with Gasteiger partial charge in [0.05, 0.1) is 11.5 Å². The standard InChI is InChI=1S/C23H19N3O4S/c27-21(28)12-20-22(29)25-23(31-20)26-24-13-16-7-2-4-11-19(16)30-14-17-9-5-8-15-6-1-3-10-18(15)17/h1-11,13,20H,12,14H2,(H,27,28)(H,25,26,29)/p-1/b24-13-/t20-/m0/s1. The van der Waals surface area contributed by atoms with Crippen molar-refractivity contribution in [2.24, 2.45) is 10.2 Å². The Hall–Kier alpha value is -3.65. The first kappa shape index (κ1) is 20.6. The molecule has 156 valence electrons. The maximum Gasteiger partial charge on any atom is 0.239 e. The van der Waals surface area contributed by atoms with Crippen LogP contribution in [0, 0.1) is 0 Å². The lowest BCUT2D eigenvalue weighted by atomic mass is 10.1. The average Bonchev–Trinajstić information content (AvgIpc) is 3.11. The van der Waals surface area contributed by atoms with E-state index in [2.05, 4.69) is 33.7 Å². The molecule has 1 N–H and O–H groups in total. The van der Waals surface area contributed by atoms with Crippen molar-refractivity contribution in [1.29, 1.82) is 0 Å². The highest BCUT2D eigenvalue weighted by Gasteiger charge is 2.30. The number of thioether (sulfide) groups is 1. The number of nitrogens with one attached hydrogen (secondary N) is 1. The lowest BCUT2D eigenvalue weighted by molar-refractivity contribution is -0.305. The average molecular weight is 432 g/mol. The third kappa shape index (κ3) is 5.10. The predicted molar refractivity (Wildman–Crippen MR) is 119 cm³/mol. The first-order valence-corrected chi connectivity index (χ1v) is 10.4. The third-order valence-electron chi connectivity index (χ3n) is 4.66. The summed E-state index contributed by atoms with van der Waals surface area (Å²) in [5, 5.41) is 23.0. The van der Waals surface area contributed by atoms with E-state index in [9.17, 15) is 14.7 Å². The van der Waals surface area contributed by atoms with Gasteiger partial charge in [-0.25, -0.2) is 0 Å². The number of hydrogen-bond acceptors (Lipinski definition) is 7. The van der Waals surface area contributed by atoms with Crippen LogP contribution in [-0.4, -0.2) is 28.5 Å². The molecular weight excluding hydrogens is 414 g/mol. The second kappa shape index (κ2) is 9.44. The highest BCUT2D eigenvalue weighted by molar-refractivity contribution is 8.15. The van der Waals surface area contributed by atoms with Gasteiger partial charge in [0.1, 0.15) is 12.4 Å². The van der Waals surface area contributed by atoms with Gasteiger partial charge in [-0.1, -0.05) is 66.4 Å². The van der Waals surface area contributed by atoms with E-state index in [1.54, 1.807) is 0 Å². The second-order valence-electron chi connectivity index (χ2n) is 6.79. The molecule has 8 heteroatoms. The van der Waals surface area contributed by atoms with E-state index in [4.69, 9.17) is 4.74 Å². The summed E-state index contributed by atoms with van der Waals surface area (Å²) in [6, 6.07) is 21.7. The molecule has 4 rings (SSSR count). The first-order chi connectivity index (χ1) is 15.1. The lowest BCUT2D eigenvalue weighted by Crippen LogP contribution is -2.31. The number of rotatable bonds is 7. The molecular formula is C23H18N3O4S-. The topological polar surface area (TPSA) is 103 Å². The minimum absolute atomic E-state index is 0.252. The number of carbonyl (C=O) groups excluding carboxylic acids is 2. The van der Waals surface area contributed by atoms with E-state index in [0.29, 0.717) is 12.4 Å². The molecule has 0 spiro atoms. The SMILES string of the molecule is O=C([O-])C[C@@H]1S/C(=N\N=C/c2ccccc2OCc2cccc3ccccc23)NC1=O. The molecule has 0 aromatic heterocycles. The molecule has 31 heavy (non-hydrogen) atoms. The van der Waals surface area contributed by atoms with Gasteiger partial charge in [-0.2, -0.15) is 5.10 Å². The van der Waals surface area contributed by atoms with Crippen molar-refractivity contribution in [2.75, 3.05) is 0 Å². The van der Waals surface area contributed by atoms with Crippen LogP contribution in [0.1, 0.15) is 17.5 Å². The molecule has 1 saturated heterocycles. The zero-order chi connectivity index (χ0) is 21.6. The Kier molecular flexibility index (Phi) is 6.28. The monoisotopic (exact) mass is 432 g/mol. The summed E-state index contributed by atoms with van der Waals surface area (Å²) in [6.07, 6.45) is 1.16. The largest absolute Gasteiger partial charge is 0.550 e. The number of benzene rings is 3. The van der Waals surface area contributed by atoms with Gasteiger partial charge >= 0.3 is 0 Å². The fourth-order valence-corrected chi connectivity index (χ4v) is 4.08. The van der Waals surface area contributed by atoms with Crippen LogP contribution in [0.2, 0.25) is 0 Å². The summed E-state index contributed by atoms with van der Waals surface area (Å²) in [5.74, 6) is -1.05. The number of aliphatic carboxylic acids is 1. The van der Waals surface area contributed by atoms with Gasteiger partial charge in [0.2, 0.25) is 5.91 Å². The summed E-state index contributed by atoms with van der Waals surface area (Å²) >= 11 is 1.02. The van der Waals surface area contributed by atoms with E-state index >= 15 is 0 Å². The predicted octanol–water partition coefficient (Wildman–Crippen LogP) is 2.48. The van der Waals surface area contributed by atoms with E-state index in [1.165, 1.54) is 6.21 Å². The van der Waals surface area contributed by atoms with Gasteiger partial charge < -0.3 is 20.0 Å². The van der Waals surface area contributed by atoms with Crippen LogP contribution in [0.15, 0.2) is 76.9 Å². The number of carboxylic acids is 1. The normalized spacial score (nSPS) is 17.4. The molecule has 1 aliphatic rings. The van der Waals surface area contributed by atoms with Crippen molar-refractivity contribution < 1.29 is 19.4 Å². The van der Waals surface area contributed by atoms with Crippen molar-refractivity contribution in [3.63, 3.8) is 0 Å². The molecule has 0 unspecified atom stereocenters. The molecule has 1 heterocycles. The third-order valence-corrected chi connectivity index (χ3v) is 5.73. The zero-order valence-corrected chi connectivity index (χ0v) is 17.2. The quantitative estimate of drug-likeness (QED) is 0.456. The highest BCUT2D eigenvalue weighted by Crippen LogP contribution is 2.23. The molecule has 0 saturated carbocycles. The second-order valence-corrected chi connectivity index (χ2v) is 7.98. The van der Waals surface area contributed by atoms with E-state index in [1.807, 2.05) is 48.5 Å². The van der Waals surface area contributed by atoms with Crippen LogP contribution < -0.4 is 15.2 Å². The maximum absolute atomic E-state index is 11.7. The van der Waals surface area contributed by atoms with Crippen LogP contribution in [0.5, 0.6) is 5.75 Å². The van der Waals surface area contributed by atoms with E-state index < -0.39 is 17.1 Å². The number of ether oxygens (including phenoxy) is 1. The number of nitrogens with zero attached hydrogens (tertiary/aromatic N) is 2. The molecule has 7 nitrogen and oxygen atoms in total. The van der Waals surface area contributed by atoms with Gasteiger partial charge in [-0.3, -0.25) is 4.79 Å². The smallest absolute Gasteiger partial charge is 0.239 e. The Bertz CT molecular complexity index is 1190. The van der Waals surface area contributed by atoms with Crippen LogP contribution >= 0.6 is 11.8 Å². The lowest BCUT2D eigenvalue weighted by Gasteiger charge is -2.11. The highest BCUT2D eigenvalue weighted by atomic mass is 32.2. The summed E-state index contributed by atoms with van der Waals surface area (Å²) in [7, 11) is 0. The first-order valence-electron chi connectivity index (χ1n) is 9.57. The number of amides is 1. The summed E-state index contributed by atoms with van der Waals surface area (Å²) in [5.41, 5.74) is 1.81. The molecule has 3 aromatic rings. The minimum atomic E-state index is -1.28. The summed E-state index contributed by atoms with van der Waals surface area (Å²) in [4.78, 5) is 22.4. The summed E-state index contributed by atoms with van der Waals surface area (Å²) in [6.45, 7) is 0.400. The van der Waals surface area contributed by atoms with Gasteiger partial charge in [-0.15, -0.1) is 5.10 Å². The van der Waals surface area contributed by atoms with Crippen molar-refractivity contribution in [1.82, 2.24) is 5.32 Å². The van der Waals surface area contributed by atoms with E-state index in [0.717, 1.165) is 33.7 Å². The number of carboxylic acid groups (broad SMARTS) is 1. The van der Waals surface area contributed by atoms with Gasteiger partial charge in [0, 0.05) is 18.0 Å².